The van der Waals surface area contributed by atoms with Crippen LogP contribution >= 0.6 is 0 Å². The fourth-order valence-corrected chi connectivity index (χ4v) is 1.88. The molecule has 0 aromatic rings. The molecular weight excluding hydrogens is 194 g/mol. The Kier molecular flexibility index (Phi) is 4.07. The van der Waals surface area contributed by atoms with Crippen LogP contribution in [0.5, 0.6) is 0 Å². The second-order valence-corrected chi connectivity index (χ2v) is 4.43. The molecule has 1 rings (SSSR count). The Bertz CT molecular complexity index is 235. The number of carbonyl (C=O) groups is 1. The van der Waals surface area contributed by atoms with Gasteiger partial charge in [0.25, 0.3) is 0 Å². The minimum absolute atomic E-state index is 0.0985. The molecule has 0 spiro atoms. The molecule has 5 nitrogen and oxygen atoms in total. The number of hydrogen-bond acceptors (Lipinski definition) is 4. The van der Waals surface area contributed by atoms with Gasteiger partial charge in [0.2, 0.25) is 0 Å². The first-order valence-corrected chi connectivity index (χ1v) is 5.36. The number of nitrogens with two attached hydrogens (primary N) is 1. The summed E-state index contributed by atoms with van der Waals surface area (Å²) in [7, 11) is 2.09. The van der Waals surface area contributed by atoms with Crippen molar-refractivity contribution in [3.8, 4) is 0 Å². The first-order valence-electron chi connectivity index (χ1n) is 5.36. The second kappa shape index (κ2) is 4.92. The van der Waals surface area contributed by atoms with Crippen LogP contribution in [0.25, 0.3) is 0 Å². The molecule has 1 saturated heterocycles. The van der Waals surface area contributed by atoms with Crippen LogP contribution in [0, 0.1) is 0 Å². The zero-order valence-electron chi connectivity index (χ0n) is 9.68. The zero-order chi connectivity index (χ0) is 11.6. The van der Waals surface area contributed by atoms with Gasteiger partial charge in [-0.15, -0.1) is 0 Å². The summed E-state index contributed by atoms with van der Waals surface area (Å²) in [5.74, 6) is -0.922. The van der Waals surface area contributed by atoms with Crippen molar-refractivity contribution in [1.82, 2.24) is 9.80 Å². The third kappa shape index (κ3) is 2.90. The molecule has 1 fully saturated rings. The van der Waals surface area contributed by atoms with Gasteiger partial charge in [-0.3, -0.25) is 9.69 Å². The number of nitrogens with zero attached hydrogens (tertiary/aromatic N) is 2. The Morgan fingerprint density at radius 2 is 2.13 bits per heavy atom. The lowest BCUT2D eigenvalue weighted by Crippen LogP contribution is -2.58. The van der Waals surface area contributed by atoms with Crippen LogP contribution in [-0.2, 0) is 4.79 Å². The third-order valence-electron chi connectivity index (χ3n) is 3.37. The van der Waals surface area contributed by atoms with Gasteiger partial charge in [-0.2, -0.15) is 0 Å². The van der Waals surface area contributed by atoms with Gasteiger partial charge in [-0.1, -0.05) is 0 Å². The molecule has 0 aromatic carbocycles. The maximum absolute atomic E-state index is 10.8. The molecule has 0 bridgehead atoms. The molecule has 0 aromatic heterocycles. The van der Waals surface area contributed by atoms with Crippen LogP contribution in [0.4, 0.5) is 0 Å². The normalized spacial score (nSPS) is 28.7. The summed E-state index contributed by atoms with van der Waals surface area (Å²) in [5, 5.41) is 8.84. The highest BCUT2D eigenvalue weighted by atomic mass is 16.4. The molecule has 0 aliphatic carbocycles. The van der Waals surface area contributed by atoms with Crippen LogP contribution in [0.2, 0.25) is 0 Å². The van der Waals surface area contributed by atoms with Gasteiger partial charge in [0.15, 0.2) is 0 Å². The Morgan fingerprint density at radius 3 is 2.60 bits per heavy atom. The van der Waals surface area contributed by atoms with E-state index in [1.54, 1.807) is 0 Å². The highest BCUT2D eigenvalue weighted by molar-refractivity contribution is 5.74. The Hall–Kier alpha value is -0.650. The van der Waals surface area contributed by atoms with Crippen LogP contribution < -0.4 is 5.73 Å². The van der Waals surface area contributed by atoms with E-state index in [0.29, 0.717) is 6.04 Å². The fourth-order valence-electron chi connectivity index (χ4n) is 1.88. The maximum Gasteiger partial charge on any atom is 0.322 e. The van der Waals surface area contributed by atoms with E-state index < -0.39 is 12.0 Å². The van der Waals surface area contributed by atoms with Crippen LogP contribution in [-0.4, -0.2) is 65.7 Å². The molecule has 3 N–H and O–H groups in total. The van der Waals surface area contributed by atoms with Crippen LogP contribution in [0.3, 0.4) is 0 Å². The number of rotatable bonds is 3. The number of likely N-dealkylation sites (N-methyl/N-ethyl adjacent to an activating group) is 1. The molecular formula is C10H21N3O2. The van der Waals surface area contributed by atoms with E-state index in [-0.39, 0.29) is 6.04 Å². The minimum atomic E-state index is -0.922. The second-order valence-electron chi connectivity index (χ2n) is 4.43. The largest absolute Gasteiger partial charge is 0.480 e. The van der Waals surface area contributed by atoms with E-state index in [0.717, 1.165) is 19.6 Å². The van der Waals surface area contributed by atoms with Gasteiger partial charge >= 0.3 is 5.97 Å². The lowest BCUT2D eigenvalue weighted by molar-refractivity contribution is -0.140. The van der Waals surface area contributed by atoms with Crippen LogP contribution in [0.1, 0.15) is 13.8 Å². The molecule has 1 heterocycles. The standard InChI is InChI=1S/C10H21N3O2/c1-7-6-13(5-4-12(7)3)8(2)9(11)10(14)15/h7-9H,4-6,11H2,1-3H3,(H,14,15). The van der Waals surface area contributed by atoms with Crippen LogP contribution in [0.15, 0.2) is 0 Å². The van der Waals surface area contributed by atoms with Crippen molar-refractivity contribution in [2.24, 2.45) is 5.73 Å². The number of carboxylic acids is 1. The van der Waals surface area contributed by atoms with Gasteiger partial charge in [-0.25, -0.2) is 0 Å². The molecule has 88 valence electrons. The Morgan fingerprint density at radius 1 is 1.53 bits per heavy atom. The highest BCUT2D eigenvalue weighted by Gasteiger charge is 2.30. The van der Waals surface area contributed by atoms with E-state index in [9.17, 15) is 4.79 Å². The summed E-state index contributed by atoms with van der Waals surface area (Å²) in [6, 6.07) is -0.429. The van der Waals surface area contributed by atoms with E-state index in [2.05, 4.69) is 23.8 Å². The van der Waals surface area contributed by atoms with E-state index in [4.69, 9.17) is 10.8 Å². The van der Waals surface area contributed by atoms with E-state index >= 15 is 0 Å². The van der Waals surface area contributed by atoms with Crippen molar-refractivity contribution in [2.75, 3.05) is 26.7 Å². The molecule has 1 aliphatic rings. The van der Waals surface area contributed by atoms with Crippen molar-refractivity contribution in [3.05, 3.63) is 0 Å². The molecule has 5 heteroatoms. The van der Waals surface area contributed by atoms with Crippen molar-refractivity contribution in [1.29, 1.82) is 0 Å². The topological polar surface area (TPSA) is 69.8 Å². The van der Waals surface area contributed by atoms with Crippen molar-refractivity contribution >= 4 is 5.97 Å². The lowest BCUT2D eigenvalue weighted by Gasteiger charge is -2.41. The van der Waals surface area contributed by atoms with Gasteiger partial charge in [-0.05, 0) is 20.9 Å². The number of hydrogen-bond donors (Lipinski definition) is 2. The number of piperazine rings is 1. The predicted molar refractivity (Wildman–Crippen MR) is 58.7 cm³/mol. The quantitative estimate of drug-likeness (QED) is 0.659. The van der Waals surface area contributed by atoms with E-state index in [1.165, 1.54) is 0 Å². The molecule has 0 amide bonds. The maximum atomic E-state index is 10.8. The summed E-state index contributed by atoms with van der Waals surface area (Å²) in [4.78, 5) is 15.2. The lowest BCUT2D eigenvalue weighted by atomic mass is 10.1. The van der Waals surface area contributed by atoms with Gasteiger partial charge < -0.3 is 15.7 Å². The summed E-state index contributed by atoms with van der Waals surface area (Å²) in [6.45, 7) is 6.78. The van der Waals surface area contributed by atoms with Crippen molar-refractivity contribution < 1.29 is 9.90 Å². The fraction of sp³-hybridized carbons (Fsp3) is 0.900. The van der Waals surface area contributed by atoms with Gasteiger partial charge in [0, 0.05) is 31.7 Å². The average Bonchev–Trinajstić information content (AvgIpc) is 2.19. The van der Waals surface area contributed by atoms with Crippen molar-refractivity contribution in [3.63, 3.8) is 0 Å². The zero-order valence-corrected chi connectivity index (χ0v) is 9.68. The molecule has 3 unspecified atom stereocenters. The molecule has 0 saturated carbocycles. The number of carboxylic acid groups (broad SMARTS) is 1. The summed E-state index contributed by atoms with van der Waals surface area (Å²) in [5.41, 5.74) is 5.62. The Labute approximate surface area is 90.8 Å². The molecule has 1 aliphatic heterocycles. The van der Waals surface area contributed by atoms with Gasteiger partial charge in [0.1, 0.15) is 6.04 Å². The molecule has 0 radical (unpaired) electrons. The average molecular weight is 215 g/mol. The summed E-state index contributed by atoms with van der Waals surface area (Å²) in [6.07, 6.45) is 0. The molecule has 15 heavy (non-hydrogen) atoms. The van der Waals surface area contributed by atoms with E-state index in [1.807, 2.05) is 6.92 Å². The monoisotopic (exact) mass is 215 g/mol. The number of aliphatic carboxylic acids is 1. The predicted octanol–water partition coefficient (Wildman–Crippen LogP) is -0.577. The summed E-state index contributed by atoms with van der Waals surface area (Å²) >= 11 is 0. The smallest absolute Gasteiger partial charge is 0.322 e. The first-order chi connectivity index (χ1) is 6.93. The van der Waals surface area contributed by atoms with Gasteiger partial charge in [0.05, 0.1) is 0 Å². The highest BCUT2D eigenvalue weighted by Crippen LogP contribution is 2.12. The summed E-state index contributed by atoms with van der Waals surface area (Å²) < 4.78 is 0. The molecule has 3 atom stereocenters. The Balaban J connectivity index is 2.54. The van der Waals surface area contributed by atoms with Crippen molar-refractivity contribution in [2.45, 2.75) is 32.0 Å². The first kappa shape index (κ1) is 12.4. The SMILES string of the molecule is CC1CN(C(C)C(N)C(=O)O)CCN1C. The third-order valence-corrected chi connectivity index (χ3v) is 3.37. The minimum Gasteiger partial charge on any atom is -0.480 e.